The van der Waals surface area contributed by atoms with Gasteiger partial charge in [-0.05, 0) is 59.5 Å². The molecule has 0 aromatic heterocycles. The molecule has 0 atom stereocenters. The van der Waals surface area contributed by atoms with Gasteiger partial charge in [0.1, 0.15) is 0 Å². The number of rotatable bonds is 2. The van der Waals surface area contributed by atoms with Crippen molar-refractivity contribution in [3.05, 3.63) is 0 Å². The average molecular weight is 251 g/mol. The van der Waals surface area contributed by atoms with Crippen molar-refractivity contribution in [1.29, 1.82) is 0 Å². The van der Waals surface area contributed by atoms with Crippen molar-refractivity contribution >= 4 is 7.12 Å². The van der Waals surface area contributed by atoms with Gasteiger partial charge < -0.3 is 14.6 Å². The van der Waals surface area contributed by atoms with E-state index in [4.69, 9.17) is 9.31 Å². The Labute approximate surface area is 111 Å². The third-order valence-electron chi connectivity index (χ3n) is 5.65. The molecule has 2 aliphatic heterocycles. The maximum atomic E-state index is 6.36. The minimum Gasteiger partial charge on any atom is -0.403 e. The predicted molar refractivity (Wildman–Crippen MR) is 73.6 cm³/mol. The summed E-state index contributed by atoms with van der Waals surface area (Å²) in [6, 6.07) is 0. The molecule has 1 aliphatic carbocycles. The Morgan fingerprint density at radius 3 is 1.89 bits per heavy atom. The highest BCUT2D eigenvalue weighted by atomic mass is 16.7. The standard InChI is InChI=1S/C14H26BNO2/c1-12(2)13(3,4)18-15(17-12)14(11-5-6-11)7-9-16-10-8-14/h11,16H,5-10H2,1-4H3. The van der Waals surface area contributed by atoms with E-state index in [-0.39, 0.29) is 23.6 Å². The molecule has 3 fully saturated rings. The topological polar surface area (TPSA) is 30.5 Å². The van der Waals surface area contributed by atoms with Gasteiger partial charge in [-0.25, -0.2) is 0 Å². The molecule has 0 aromatic rings. The van der Waals surface area contributed by atoms with E-state index in [0.29, 0.717) is 0 Å². The Hall–Kier alpha value is -0.0551. The van der Waals surface area contributed by atoms with Gasteiger partial charge in [-0.15, -0.1) is 0 Å². The Balaban J connectivity index is 1.84. The number of hydrogen-bond acceptors (Lipinski definition) is 3. The Morgan fingerprint density at radius 1 is 0.944 bits per heavy atom. The van der Waals surface area contributed by atoms with Crippen molar-refractivity contribution in [3.8, 4) is 0 Å². The first-order chi connectivity index (χ1) is 8.37. The van der Waals surface area contributed by atoms with Crippen molar-refractivity contribution < 1.29 is 9.31 Å². The van der Waals surface area contributed by atoms with Gasteiger partial charge in [0.25, 0.3) is 0 Å². The molecule has 102 valence electrons. The molecule has 2 saturated heterocycles. The quantitative estimate of drug-likeness (QED) is 0.765. The predicted octanol–water partition coefficient (Wildman–Crippen LogP) is 2.61. The van der Waals surface area contributed by atoms with Gasteiger partial charge in [-0.3, -0.25) is 0 Å². The second-order valence-electron chi connectivity index (χ2n) is 7.35. The van der Waals surface area contributed by atoms with Crippen molar-refractivity contribution in [3.63, 3.8) is 0 Å². The van der Waals surface area contributed by atoms with E-state index in [1.54, 1.807) is 0 Å². The van der Waals surface area contributed by atoms with E-state index < -0.39 is 0 Å². The zero-order valence-electron chi connectivity index (χ0n) is 12.2. The van der Waals surface area contributed by atoms with E-state index in [0.717, 1.165) is 19.0 Å². The SMILES string of the molecule is CC1(C)OB(C2(C3CC3)CCNCC2)OC1(C)C. The van der Waals surface area contributed by atoms with Gasteiger partial charge >= 0.3 is 7.12 Å². The monoisotopic (exact) mass is 251 g/mol. The molecule has 4 heteroatoms. The van der Waals surface area contributed by atoms with Crippen LogP contribution in [-0.2, 0) is 9.31 Å². The second kappa shape index (κ2) is 3.97. The zero-order chi connectivity index (χ0) is 13.0. The summed E-state index contributed by atoms with van der Waals surface area (Å²) < 4.78 is 12.7. The summed E-state index contributed by atoms with van der Waals surface area (Å²) in [5.74, 6) is 0.828. The van der Waals surface area contributed by atoms with E-state index in [1.807, 2.05) is 0 Å². The van der Waals surface area contributed by atoms with Gasteiger partial charge in [0.05, 0.1) is 11.2 Å². The van der Waals surface area contributed by atoms with E-state index >= 15 is 0 Å². The average Bonchev–Trinajstić information content (AvgIpc) is 3.09. The highest BCUT2D eigenvalue weighted by Crippen LogP contribution is 2.61. The van der Waals surface area contributed by atoms with Crippen molar-refractivity contribution in [1.82, 2.24) is 5.32 Å². The third-order valence-corrected chi connectivity index (χ3v) is 5.65. The van der Waals surface area contributed by atoms with E-state index in [1.165, 1.54) is 25.7 Å². The van der Waals surface area contributed by atoms with Crippen molar-refractivity contribution in [2.45, 2.75) is 69.9 Å². The lowest BCUT2D eigenvalue weighted by atomic mass is 9.50. The smallest absolute Gasteiger partial charge is 0.403 e. The highest BCUT2D eigenvalue weighted by molar-refractivity contribution is 6.50. The summed E-state index contributed by atoms with van der Waals surface area (Å²) in [6.07, 6.45) is 5.14. The first-order valence-corrected chi connectivity index (χ1v) is 7.44. The van der Waals surface area contributed by atoms with Crippen molar-refractivity contribution in [2.24, 2.45) is 5.92 Å². The zero-order valence-corrected chi connectivity index (χ0v) is 12.2. The number of piperidine rings is 1. The molecule has 0 amide bonds. The van der Waals surface area contributed by atoms with E-state index in [2.05, 4.69) is 33.0 Å². The maximum absolute atomic E-state index is 6.36. The fourth-order valence-electron chi connectivity index (χ4n) is 3.46. The Morgan fingerprint density at radius 2 is 1.44 bits per heavy atom. The van der Waals surface area contributed by atoms with Crippen LogP contribution in [0.25, 0.3) is 0 Å². The molecule has 0 bridgehead atoms. The molecular formula is C14H26BNO2. The Kier molecular flexibility index (Phi) is 2.86. The van der Waals surface area contributed by atoms with Gasteiger partial charge in [0.2, 0.25) is 0 Å². The molecule has 1 saturated carbocycles. The van der Waals surface area contributed by atoms with Crippen LogP contribution in [0, 0.1) is 5.92 Å². The first kappa shape index (κ1) is 13.0. The maximum Gasteiger partial charge on any atom is 0.464 e. The molecule has 1 N–H and O–H groups in total. The largest absolute Gasteiger partial charge is 0.464 e. The van der Waals surface area contributed by atoms with Crippen molar-refractivity contribution in [2.75, 3.05) is 13.1 Å². The molecule has 3 nitrogen and oxygen atoms in total. The molecule has 0 aromatic carbocycles. The lowest BCUT2D eigenvalue weighted by molar-refractivity contribution is 0.00578. The molecule has 0 unspecified atom stereocenters. The normalized spacial score (nSPS) is 33.7. The number of nitrogens with one attached hydrogen (secondary N) is 1. The fourth-order valence-corrected chi connectivity index (χ4v) is 3.46. The van der Waals surface area contributed by atoms with Crippen LogP contribution < -0.4 is 5.32 Å². The number of hydrogen-bond donors (Lipinski definition) is 1. The summed E-state index contributed by atoms with van der Waals surface area (Å²) in [4.78, 5) is 0. The lowest BCUT2D eigenvalue weighted by Crippen LogP contribution is -2.45. The van der Waals surface area contributed by atoms with Gasteiger partial charge in [-0.1, -0.05) is 12.8 Å². The molecule has 3 aliphatic rings. The van der Waals surface area contributed by atoms with Gasteiger partial charge in [-0.2, -0.15) is 0 Å². The van der Waals surface area contributed by atoms with Crippen LogP contribution in [0.4, 0.5) is 0 Å². The summed E-state index contributed by atoms with van der Waals surface area (Å²) >= 11 is 0. The summed E-state index contributed by atoms with van der Waals surface area (Å²) in [6.45, 7) is 10.9. The van der Waals surface area contributed by atoms with Crippen LogP contribution in [0.5, 0.6) is 0 Å². The van der Waals surface area contributed by atoms with Crippen LogP contribution in [0.15, 0.2) is 0 Å². The summed E-state index contributed by atoms with van der Waals surface area (Å²) in [7, 11) is -0.00269. The molecular weight excluding hydrogens is 225 g/mol. The van der Waals surface area contributed by atoms with Gasteiger partial charge in [0.15, 0.2) is 0 Å². The van der Waals surface area contributed by atoms with E-state index in [9.17, 15) is 0 Å². The van der Waals surface area contributed by atoms with Crippen LogP contribution in [0.2, 0.25) is 5.31 Å². The van der Waals surface area contributed by atoms with Crippen LogP contribution in [0.3, 0.4) is 0 Å². The fraction of sp³-hybridized carbons (Fsp3) is 1.00. The molecule has 2 heterocycles. The van der Waals surface area contributed by atoms with Crippen LogP contribution >= 0.6 is 0 Å². The lowest BCUT2D eigenvalue weighted by Gasteiger charge is -2.39. The summed E-state index contributed by atoms with van der Waals surface area (Å²) in [5, 5.41) is 3.75. The summed E-state index contributed by atoms with van der Waals surface area (Å²) in [5.41, 5.74) is -0.380. The van der Waals surface area contributed by atoms with Crippen LogP contribution in [0.1, 0.15) is 53.4 Å². The molecule has 18 heavy (non-hydrogen) atoms. The highest BCUT2D eigenvalue weighted by Gasteiger charge is 2.63. The molecule has 0 radical (unpaired) electrons. The Bertz CT molecular complexity index is 317. The second-order valence-corrected chi connectivity index (χ2v) is 7.35. The van der Waals surface area contributed by atoms with Gasteiger partial charge in [0, 0.05) is 5.31 Å². The third kappa shape index (κ3) is 1.84. The minimum atomic E-state index is -0.190. The molecule has 0 spiro atoms. The van der Waals surface area contributed by atoms with Crippen LogP contribution in [-0.4, -0.2) is 31.4 Å². The minimum absolute atomic E-state index is 0.00269. The molecule has 3 rings (SSSR count). The first-order valence-electron chi connectivity index (χ1n) is 7.44.